The van der Waals surface area contributed by atoms with Crippen molar-refractivity contribution in [2.24, 2.45) is 17.6 Å². The second-order valence-electron chi connectivity index (χ2n) is 10.4. The van der Waals surface area contributed by atoms with Crippen molar-refractivity contribution in [2.45, 2.75) is 77.2 Å². The lowest BCUT2D eigenvalue weighted by Gasteiger charge is -2.39. The summed E-state index contributed by atoms with van der Waals surface area (Å²) in [5.74, 6) is -0.626. The van der Waals surface area contributed by atoms with Gasteiger partial charge < -0.3 is 30.3 Å². The van der Waals surface area contributed by atoms with Crippen molar-refractivity contribution in [2.75, 3.05) is 40.9 Å². The zero-order chi connectivity index (χ0) is 28.2. The Morgan fingerprint density at radius 1 is 1.16 bits per heavy atom. The molecule has 6 atom stereocenters. The molecule has 1 saturated heterocycles. The van der Waals surface area contributed by atoms with Crippen LogP contribution in [-0.2, 0) is 30.3 Å². The van der Waals surface area contributed by atoms with Gasteiger partial charge in [-0.25, -0.2) is 0 Å². The summed E-state index contributed by atoms with van der Waals surface area (Å²) in [6.07, 6.45) is 2.43. The number of amides is 3. The van der Waals surface area contributed by atoms with E-state index in [0.717, 1.165) is 25.7 Å². The van der Waals surface area contributed by atoms with Crippen LogP contribution in [0.3, 0.4) is 0 Å². The number of hydrogen-bond acceptors (Lipinski definition) is 6. The maximum Gasteiger partial charge on any atom is 0.236 e. The molecular weight excluding hydrogens is 484 g/mol. The van der Waals surface area contributed by atoms with E-state index in [4.69, 9.17) is 15.2 Å². The molecule has 0 spiro atoms. The molecule has 1 heterocycles. The third-order valence-corrected chi connectivity index (χ3v) is 8.03. The number of carbonyl (C=O) groups excluding carboxylic acids is 3. The standard InChI is InChI=1S/C29H48N4O5/c1-7-20(2)27(32(4)26(35)19-30)24(37-5)18-25(34)33-17-11-14-23(33)28(38-6)21(3)29(36)31-16-15-22-12-9-8-10-13-22/h8-10,12-13,20-21,23-24,27-28H,7,11,14-19,30H2,1-6H3,(H,31,36). The largest absolute Gasteiger partial charge is 0.379 e. The molecule has 1 aliphatic heterocycles. The number of likely N-dealkylation sites (N-methyl/N-ethyl adjacent to an activating group) is 1. The van der Waals surface area contributed by atoms with Gasteiger partial charge >= 0.3 is 0 Å². The van der Waals surface area contributed by atoms with Crippen LogP contribution in [0, 0.1) is 11.8 Å². The number of carbonyl (C=O) groups is 3. The first-order valence-electron chi connectivity index (χ1n) is 13.8. The van der Waals surface area contributed by atoms with Crippen LogP contribution in [0.1, 0.15) is 52.0 Å². The van der Waals surface area contributed by atoms with E-state index in [1.165, 1.54) is 5.56 Å². The van der Waals surface area contributed by atoms with Gasteiger partial charge in [-0.1, -0.05) is 57.5 Å². The maximum absolute atomic E-state index is 13.6. The van der Waals surface area contributed by atoms with Crippen LogP contribution in [0.15, 0.2) is 30.3 Å². The van der Waals surface area contributed by atoms with Gasteiger partial charge in [0.2, 0.25) is 17.7 Å². The van der Waals surface area contributed by atoms with Gasteiger partial charge in [-0.15, -0.1) is 0 Å². The highest BCUT2D eigenvalue weighted by Crippen LogP contribution is 2.29. The summed E-state index contributed by atoms with van der Waals surface area (Å²) in [4.78, 5) is 42.5. The van der Waals surface area contributed by atoms with Gasteiger partial charge in [-0.3, -0.25) is 14.4 Å². The minimum atomic E-state index is -0.473. The lowest BCUT2D eigenvalue weighted by Crippen LogP contribution is -2.54. The first-order chi connectivity index (χ1) is 18.2. The highest BCUT2D eigenvalue weighted by atomic mass is 16.5. The lowest BCUT2D eigenvalue weighted by molar-refractivity contribution is -0.145. The van der Waals surface area contributed by atoms with Gasteiger partial charge in [0.1, 0.15) is 0 Å². The average molecular weight is 533 g/mol. The highest BCUT2D eigenvalue weighted by molar-refractivity contribution is 5.81. The SMILES string of the molecule is CCC(C)C(C(CC(=O)N1CCCC1C(OC)C(C)C(=O)NCCc1ccccc1)OC)N(C)C(=O)CN. The molecule has 9 heteroatoms. The molecule has 0 aliphatic carbocycles. The Morgan fingerprint density at radius 3 is 2.42 bits per heavy atom. The van der Waals surface area contributed by atoms with Crippen molar-refractivity contribution >= 4 is 17.7 Å². The van der Waals surface area contributed by atoms with E-state index in [2.05, 4.69) is 19.2 Å². The summed E-state index contributed by atoms with van der Waals surface area (Å²) in [7, 11) is 4.90. The molecule has 2 rings (SSSR count). The molecule has 0 aromatic heterocycles. The van der Waals surface area contributed by atoms with E-state index in [1.807, 2.05) is 42.2 Å². The quantitative estimate of drug-likeness (QED) is 0.358. The van der Waals surface area contributed by atoms with Crippen molar-refractivity contribution in [3.63, 3.8) is 0 Å². The molecule has 1 aromatic rings. The molecular formula is C29H48N4O5. The van der Waals surface area contributed by atoms with Crippen LogP contribution < -0.4 is 11.1 Å². The molecule has 214 valence electrons. The summed E-state index contributed by atoms with van der Waals surface area (Å²) < 4.78 is 11.6. The third kappa shape index (κ3) is 8.25. The zero-order valence-corrected chi connectivity index (χ0v) is 24.0. The molecule has 0 saturated carbocycles. The normalized spacial score (nSPS) is 19.3. The van der Waals surface area contributed by atoms with Crippen LogP contribution in [-0.4, -0.2) is 92.7 Å². The Morgan fingerprint density at radius 2 is 1.84 bits per heavy atom. The Hall–Kier alpha value is -2.49. The van der Waals surface area contributed by atoms with Crippen LogP contribution in [0.4, 0.5) is 0 Å². The molecule has 9 nitrogen and oxygen atoms in total. The fraction of sp³-hybridized carbons (Fsp3) is 0.690. The zero-order valence-electron chi connectivity index (χ0n) is 24.0. The van der Waals surface area contributed by atoms with Gasteiger partial charge in [0.05, 0.1) is 43.2 Å². The van der Waals surface area contributed by atoms with Crippen molar-refractivity contribution in [1.29, 1.82) is 0 Å². The number of rotatable bonds is 15. The number of benzene rings is 1. The van der Waals surface area contributed by atoms with Crippen LogP contribution >= 0.6 is 0 Å². The number of nitrogens with two attached hydrogens (primary N) is 1. The van der Waals surface area contributed by atoms with E-state index in [-0.39, 0.29) is 48.7 Å². The van der Waals surface area contributed by atoms with E-state index in [1.54, 1.807) is 26.2 Å². The molecule has 6 unspecified atom stereocenters. The fourth-order valence-corrected chi connectivity index (χ4v) is 5.61. The smallest absolute Gasteiger partial charge is 0.236 e. The van der Waals surface area contributed by atoms with Crippen molar-refractivity contribution < 1.29 is 23.9 Å². The monoisotopic (exact) mass is 532 g/mol. The van der Waals surface area contributed by atoms with Crippen molar-refractivity contribution in [3.05, 3.63) is 35.9 Å². The molecule has 1 aromatic carbocycles. The number of ether oxygens (including phenoxy) is 2. The lowest BCUT2D eigenvalue weighted by atomic mass is 9.90. The Kier molecular flexibility index (Phi) is 13.2. The molecule has 1 aliphatic rings. The van der Waals surface area contributed by atoms with E-state index in [9.17, 15) is 14.4 Å². The van der Waals surface area contributed by atoms with Crippen LogP contribution in [0.2, 0.25) is 0 Å². The van der Waals surface area contributed by atoms with Gasteiger partial charge in [0, 0.05) is 34.4 Å². The van der Waals surface area contributed by atoms with Gasteiger partial charge in [-0.2, -0.15) is 0 Å². The number of nitrogens with one attached hydrogen (secondary N) is 1. The predicted molar refractivity (Wildman–Crippen MR) is 148 cm³/mol. The van der Waals surface area contributed by atoms with Gasteiger partial charge in [0.15, 0.2) is 0 Å². The summed E-state index contributed by atoms with van der Waals surface area (Å²) in [5.41, 5.74) is 6.79. The fourth-order valence-electron chi connectivity index (χ4n) is 5.61. The van der Waals surface area contributed by atoms with E-state index < -0.39 is 18.1 Å². The third-order valence-electron chi connectivity index (χ3n) is 8.03. The van der Waals surface area contributed by atoms with Gasteiger partial charge in [0.25, 0.3) is 0 Å². The van der Waals surface area contributed by atoms with Gasteiger partial charge in [-0.05, 0) is 30.7 Å². The van der Waals surface area contributed by atoms with Crippen LogP contribution in [0.5, 0.6) is 0 Å². The minimum Gasteiger partial charge on any atom is -0.379 e. The summed E-state index contributed by atoms with van der Waals surface area (Å²) >= 11 is 0. The van der Waals surface area contributed by atoms with Crippen LogP contribution in [0.25, 0.3) is 0 Å². The number of likely N-dealkylation sites (tertiary alicyclic amines) is 1. The molecule has 0 bridgehead atoms. The average Bonchev–Trinajstić information content (AvgIpc) is 3.42. The summed E-state index contributed by atoms with van der Waals surface area (Å²) in [6.45, 7) is 7.02. The summed E-state index contributed by atoms with van der Waals surface area (Å²) in [6, 6.07) is 9.54. The first-order valence-corrected chi connectivity index (χ1v) is 13.8. The highest BCUT2D eigenvalue weighted by Gasteiger charge is 2.41. The molecule has 3 amide bonds. The second kappa shape index (κ2) is 15.8. The molecule has 38 heavy (non-hydrogen) atoms. The summed E-state index contributed by atoms with van der Waals surface area (Å²) in [5, 5.41) is 3.03. The second-order valence-corrected chi connectivity index (χ2v) is 10.4. The predicted octanol–water partition coefficient (Wildman–Crippen LogP) is 2.22. The molecule has 0 radical (unpaired) electrons. The van der Waals surface area contributed by atoms with E-state index in [0.29, 0.717) is 13.1 Å². The minimum absolute atomic E-state index is 0.0556. The molecule has 1 fully saturated rings. The Labute approximate surface area is 228 Å². The maximum atomic E-state index is 13.6. The number of methoxy groups -OCH3 is 2. The number of hydrogen-bond donors (Lipinski definition) is 2. The Balaban J connectivity index is 2.08. The molecule has 3 N–H and O–H groups in total. The Bertz CT molecular complexity index is 883. The van der Waals surface area contributed by atoms with Crippen molar-refractivity contribution in [1.82, 2.24) is 15.1 Å². The number of nitrogens with zero attached hydrogens (tertiary/aromatic N) is 2. The van der Waals surface area contributed by atoms with E-state index >= 15 is 0 Å². The topological polar surface area (TPSA) is 114 Å². The van der Waals surface area contributed by atoms with Crippen molar-refractivity contribution in [3.8, 4) is 0 Å². The first kappa shape index (κ1) is 31.7.